The van der Waals surface area contributed by atoms with E-state index in [1.54, 1.807) is 4.57 Å². The molecule has 0 fully saturated rings. The Morgan fingerprint density at radius 2 is 0.419 bits per heavy atom. The fraction of sp³-hybridized carbons (Fsp3) is 0. The minimum atomic E-state index is -0.0821. The maximum Gasteiger partial charge on any atom is 0.267 e. The van der Waals surface area contributed by atoms with Crippen molar-refractivity contribution in [2.24, 2.45) is 0 Å². The maximum atomic E-state index is 13.9. The van der Waals surface area contributed by atoms with Crippen LogP contribution in [0.5, 0.6) is 0 Å². The molecule has 0 saturated carbocycles. The number of nitrogens with zero attached hydrogens (tertiary/aromatic N) is 10. The van der Waals surface area contributed by atoms with E-state index in [4.69, 9.17) is 4.98 Å². The summed E-state index contributed by atoms with van der Waals surface area (Å²) in [5.41, 5.74) is 28.0. The monoisotopic (exact) mass is 1650 g/mol. The molecule has 0 aliphatic heterocycles. The SMILES string of the molecule is O=c1c2ccccc2n2c3ccccc3cc2n1-c1ccc(-c2ccc(-n3c4ccccc4c4ccccc43)cc2)cc1.O=c1c2ccccc2n2c3ccccc3cc2n1-c1ccc(-c2ccc3c(c2)c2ccccc2n3-c2ccccc2)cc1.O=c1c2ccccc2n2c3ccccc3nc2n1-c1ccc(-c2ccc3c(c2)c2ccccc2n3-c2ccccc2)cc1. The molecule has 27 rings (SSSR count). The first-order valence-corrected chi connectivity index (χ1v) is 43.4. The average Bonchev–Trinajstić information content (AvgIpc) is 1.61. The van der Waals surface area contributed by atoms with Gasteiger partial charge in [-0.3, -0.25) is 36.7 Å². The van der Waals surface area contributed by atoms with Crippen molar-refractivity contribution in [3.63, 3.8) is 0 Å². The van der Waals surface area contributed by atoms with Crippen molar-refractivity contribution >= 4 is 148 Å². The van der Waals surface area contributed by atoms with Crippen LogP contribution in [-0.2, 0) is 0 Å². The van der Waals surface area contributed by atoms with Gasteiger partial charge in [0.2, 0.25) is 5.78 Å². The highest BCUT2D eigenvalue weighted by molar-refractivity contribution is 6.13. The number of rotatable bonds is 9. The quantitative estimate of drug-likeness (QED) is 0.143. The lowest BCUT2D eigenvalue weighted by Gasteiger charge is -2.13. The zero-order chi connectivity index (χ0) is 85.5. The Morgan fingerprint density at radius 3 is 0.806 bits per heavy atom. The standard InChI is InChI=1S/2C39H25N3O.C38H24N4O/c43-39-33-12-4-8-16-37(33)42-34-13-5-1-9-28(34)25-38(42)41(39)30-23-19-27(20-24-30)26-17-21-29(22-18-26)40-35-14-6-2-10-31(35)32-11-3-7-15-36(32)40;43-39-32-14-6-9-17-36(32)42-34-15-7-4-10-28(34)25-38(42)41(39)30-21-18-26(19-22-30)27-20-23-37-33(24-27)31-13-5-8-16-35(31)40(37)29-11-2-1-3-12-29;43-37-30-13-5-8-16-34(30)42-36-17-9-6-14-32(36)39-38(42)41(37)28-21-18-25(19-22-28)26-20-23-35-31(24-26)29-12-4-7-15-33(29)40(35)27-10-2-1-3-11-27/h2*1-25H;1-24H. The summed E-state index contributed by atoms with van der Waals surface area (Å²) < 4.78 is 18.8. The molecule has 0 aliphatic rings. The third-order valence-electron chi connectivity index (χ3n) is 25.8. The van der Waals surface area contributed by atoms with Crippen LogP contribution in [0.4, 0.5) is 0 Å². The summed E-state index contributed by atoms with van der Waals surface area (Å²) in [6.45, 7) is 0. The van der Waals surface area contributed by atoms with Gasteiger partial charge in [-0.15, -0.1) is 0 Å². The highest BCUT2D eigenvalue weighted by Gasteiger charge is 2.23. The first-order chi connectivity index (χ1) is 63.8. The van der Waals surface area contributed by atoms with Crippen molar-refractivity contribution in [3.05, 3.63) is 480 Å². The summed E-state index contributed by atoms with van der Waals surface area (Å²) >= 11 is 0. The van der Waals surface area contributed by atoms with E-state index in [9.17, 15) is 14.4 Å². The molecule has 606 valence electrons. The van der Waals surface area contributed by atoms with Gasteiger partial charge in [-0.25, -0.2) is 9.55 Å². The van der Waals surface area contributed by atoms with E-state index in [-0.39, 0.29) is 16.7 Å². The molecule has 9 heterocycles. The molecule has 0 unspecified atom stereocenters. The van der Waals surface area contributed by atoms with Crippen LogP contribution in [0.15, 0.2) is 463 Å². The van der Waals surface area contributed by atoms with Gasteiger partial charge in [0, 0.05) is 60.2 Å². The second kappa shape index (κ2) is 29.8. The zero-order valence-corrected chi connectivity index (χ0v) is 69.4. The van der Waals surface area contributed by atoms with Gasteiger partial charge >= 0.3 is 0 Å². The zero-order valence-electron chi connectivity index (χ0n) is 69.4. The molecule has 13 heteroatoms. The molecule has 0 atom stereocenters. The number of imidazole rings is 1. The van der Waals surface area contributed by atoms with Crippen LogP contribution >= 0.6 is 0 Å². The van der Waals surface area contributed by atoms with Crippen molar-refractivity contribution in [2.75, 3.05) is 0 Å². The van der Waals surface area contributed by atoms with Crippen LogP contribution in [0.1, 0.15) is 0 Å². The smallest absolute Gasteiger partial charge is 0.267 e. The predicted molar refractivity (Wildman–Crippen MR) is 531 cm³/mol. The molecule has 0 N–H and O–H groups in total. The van der Waals surface area contributed by atoms with Crippen LogP contribution in [0.25, 0.3) is 216 Å². The molecule has 18 aromatic carbocycles. The van der Waals surface area contributed by atoms with Gasteiger partial charge < -0.3 is 13.7 Å². The minimum absolute atomic E-state index is 0.0193. The van der Waals surface area contributed by atoms with Crippen LogP contribution in [-0.4, -0.2) is 45.6 Å². The lowest BCUT2D eigenvalue weighted by Crippen LogP contribution is -2.21. The van der Waals surface area contributed by atoms with E-state index < -0.39 is 0 Å². The Labute approximate surface area is 736 Å². The first kappa shape index (κ1) is 74.0. The van der Waals surface area contributed by atoms with E-state index in [2.05, 4.69) is 324 Å². The van der Waals surface area contributed by atoms with E-state index in [0.717, 1.165) is 128 Å². The van der Waals surface area contributed by atoms with E-state index in [1.165, 1.54) is 65.4 Å². The Hall–Kier alpha value is -17.7. The van der Waals surface area contributed by atoms with Gasteiger partial charge in [0.05, 0.1) is 105 Å². The maximum absolute atomic E-state index is 13.9. The summed E-state index contributed by atoms with van der Waals surface area (Å²) in [6, 6.07) is 154. The third-order valence-corrected chi connectivity index (χ3v) is 25.8. The second-order valence-electron chi connectivity index (χ2n) is 32.9. The summed E-state index contributed by atoms with van der Waals surface area (Å²) in [5, 5.41) is 11.6. The average molecular weight is 1660 g/mol. The van der Waals surface area contributed by atoms with Crippen LogP contribution in [0.2, 0.25) is 0 Å². The van der Waals surface area contributed by atoms with Gasteiger partial charge in [-0.05, 0) is 228 Å². The number of hydrogen-bond acceptors (Lipinski definition) is 4. The summed E-state index contributed by atoms with van der Waals surface area (Å²) in [6.07, 6.45) is 0. The summed E-state index contributed by atoms with van der Waals surface area (Å²) in [4.78, 5) is 46.5. The molecular weight excluding hydrogens is 1580 g/mol. The second-order valence-corrected chi connectivity index (χ2v) is 32.9. The van der Waals surface area contributed by atoms with Gasteiger partial charge in [0.1, 0.15) is 11.3 Å². The molecule has 9 aromatic heterocycles. The molecule has 0 amide bonds. The fourth-order valence-corrected chi connectivity index (χ4v) is 19.9. The molecule has 0 saturated heterocycles. The fourth-order valence-electron chi connectivity index (χ4n) is 19.9. The Morgan fingerprint density at radius 1 is 0.163 bits per heavy atom. The van der Waals surface area contributed by atoms with Gasteiger partial charge in [-0.1, -0.05) is 255 Å². The number of hydrogen-bond donors (Lipinski definition) is 0. The van der Waals surface area contributed by atoms with Crippen molar-refractivity contribution in [3.8, 4) is 67.5 Å². The Balaban J connectivity index is 0.000000105. The van der Waals surface area contributed by atoms with Gasteiger partial charge in [0.15, 0.2) is 0 Å². The van der Waals surface area contributed by atoms with Crippen molar-refractivity contribution in [1.82, 2.24) is 45.6 Å². The topological polar surface area (TPSA) is 107 Å². The van der Waals surface area contributed by atoms with Crippen molar-refractivity contribution in [1.29, 1.82) is 0 Å². The molecule has 0 aliphatic carbocycles. The highest BCUT2D eigenvalue weighted by Crippen LogP contribution is 2.41. The normalized spacial score (nSPS) is 11.8. The van der Waals surface area contributed by atoms with Crippen LogP contribution in [0.3, 0.4) is 0 Å². The van der Waals surface area contributed by atoms with Crippen LogP contribution in [0, 0.1) is 0 Å². The molecule has 129 heavy (non-hydrogen) atoms. The summed E-state index contributed by atoms with van der Waals surface area (Å²) in [7, 11) is 0. The molecule has 27 aromatic rings. The molecule has 0 spiro atoms. The van der Waals surface area contributed by atoms with E-state index in [1.807, 2.05) is 161 Å². The lowest BCUT2D eigenvalue weighted by molar-refractivity contribution is 0.983. The first-order valence-electron chi connectivity index (χ1n) is 43.4. The van der Waals surface area contributed by atoms with Crippen LogP contribution < -0.4 is 16.7 Å². The van der Waals surface area contributed by atoms with Gasteiger partial charge in [0.25, 0.3) is 16.7 Å². The number of para-hydroxylation sites is 13. The lowest BCUT2D eigenvalue weighted by atomic mass is 10.0. The number of benzene rings is 18. The van der Waals surface area contributed by atoms with Crippen molar-refractivity contribution in [2.45, 2.75) is 0 Å². The molecule has 0 radical (unpaired) electrons. The van der Waals surface area contributed by atoms with E-state index >= 15 is 0 Å². The van der Waals surface area contributed by atoms with E-state index in [0.29, 0.717) is 21.9 Å². The number of fused-ring (bicyclic) bond motifs is 24. The molecule has 0 bridgehead atoms. The van der Waals surface area contributed by atoms with Gasteiger partial charge in [-0.2, -0.15) is 0 Å². The molecular formula is C116H74N10O3. The Bertz CT molecular complexity index is 9020. The minimum Gasteiger partial charge on any atom is -0.309 e. The summed E-state index contributed by atoms with van der Waals surface area (Å²) in [5.74, 6) is 0.604. The molecule has 13 nitrogen and oxygen atoms in total. The highest BCUT2D eigenvalue weighted by atomic mass is 16.1. The van der Waals surface area contributed by atoms with Crippen molar-refractivity contribution < 1.29 is 0 Å². The predicted octanol–water partition coefficient (Wildman–Crippen LogP) is 26.9. The third kappa shape index (κ3) is 11.9. The Kier molecular flexibility index (Phi) is 17.1. The largest absolute Gasteiger partial charge is 0.309 e. The number of aromatic nitrogens is 10.